The fourth-order valence-electron chi connectivity index (χ4n) is 4.99. The molecule has 0 unspecified atom stereocenters. The number of anilines is 1. The van der Waals surface area contributed by atoms with Crippen LogP contribution in [0.2, 0.25) is 0 Å². The number of nitrogens with zero attached hydrogens (tertiary/aromatic N) is 8. The fourth-order valence-corrected chi connectivity index (χ4v) is 4.99. The Kier molecular flexibility index (Phi) is 5.34. The van der Waals surface area contributed by atoms with Crippen LogP contribution in [0.25, 0.3) is 39.2 Å². The maximum absolute atomic E-state index is 15.6. The Bertz CT molecular complexity index is 1630. The van der Waals surface area contributed by atoms with E-state index in [1.165, 1.54) is 6.07 Å². The van der Waals surface area contributed by atoms with Crippen molar-refractivity contribution >= 4 is 22.5 Å². The first-order valence-electron chi connectivity index (χ1n) is 11.9. The second kappa shape index (κ2) is 8.70. The van der Waals surface area contributed by atoms with Gasteiger partial charge in [0.05, 0.1) is 28.5 Å². The number of hydrogen-bond acceptors (Lipinski definition) is 7. The summed E-state index contributed by atoms with van der Waals surface area (Å²) in [6.45, 7) is 1.69. The summed E-state index contributed by atoms with van der Waals surface area (Å²) in [6, 6.07) is 12.8. The van der Waals surface area contributed by atoms with E-state index >= 15 is 4.39 Å². The number of halogens is 1. The van der Waals surface area contributed by atoms with Crippen molar-refractivity contribution < 1.29 is 4.39 Å². The number of benzene rings is 2. The first kappa shape index (κ1) is 22.1. The topological polar surface area (TPSA) is 100.0 Å². The number of aromatic nitrogens is 6. The third-order valence-corrected chi connectivity index (χ3v) is 6.89. The Hall–Kier alpha value is -4.36. The number of nitriles is 1. The number of imidazole rings is 1. The molecule has 1 aliphatic heterocycles. The Morgan fingerprint density at radius 2 is 2.03 bits per heavy atom. The predicted molar refractivity (Wildman–Crippen MR) is 135 cm³/mol. The molecule has 36 heavy (non-hydrogen) atoms. The molecule has 0 spiro atoms. The highest BCUT2D eigenvalue weighted by atomic mass is 19.1. The molecule has 0 radical (unpaired) electrons. The monoisotopic (exact) mass is 481 g/mol. The van der Waals surface area contributed by atoms with Gasteiger partial charge in [0.1, 0.15) is 11.3 Å². The Balaban J connectivity index is 1.61. The summed E-state index contributed by atoms with van der Waals surface area (Å²) in [6.07, 6.45) is 5.70. The van der Waals surface area contributed by atoms with Crippen LogP contribution in [0.15, 0.2) is 48.8 Å². The molecule has 5 aromatic rings. The van der Waals surface area contributed by atoms with E-state index in [0.717, 1.165) is 37.3 Å². The summed E-state index contributed by atoms with van der Waals surface area (Å²) in [5.41, 5.74) is 4.77. The van der Waals surface area contributed by atoms with Crippen LogP contribution < -0.4 is 10.2 Å². The van der Waals surface area contributed by atoms with Crippen molar-refractivity contribution in [1.82, 2.24) is 34.7 Å². The van der Waals surface area contributed by atoms with Crippen LogP contribution >= 0.6 is 0 Å². The zero-order valence-corrected chi connectivity index (χ0v) is 20.0. The maximum Gasteiger partial charge on any atom is 0.181 e. The average molecular weight is 482 g/mol. The largest absolute Gasteiger partial charge is 0.352 e. The van der Waals surface area contributed by atoms with E-state index in [1.807, 2.05) is 29.8 Å². The van der Waals surface area contributed by atoms with E-state index in [9.17, 15) is 5.26 Å². The van der Waals surface area contributed by atoms with Gasteiger partial charge in [-0.3, -0.25) is 4.40 Å². The molecule has 1 fully saturated rings. The van der Waals surface area contributed by atoms with Crippen LogP contribution in [0, 0.1) is 17.1 Å². The average Bonchev–Trinajstić information content (AvgIpc) is 3.48. The van der Waals surface area contributed by atoms with E-state index in [-0.39, 0.29) is 0 Å². The summed E-state index contributed by atoms with van der Waals surface area (Å²) in [5, 5.41) is 20.9. The van der Waals surface area contributed by atoms with Gasteiger partial charge in [-0.2, -0.15) is 5.26 Å². The second-order valence-electron chi connectivity index (χ2n) is 9.05. The third kappa shape index (κ3) is 3.56. The van der Waals surface area contributed by atoms with Crippen LogP contribution in [-0.2, 0) is 7.05 Å². The maximum atomic E-state index is 15.6. The number of rotatable bonds is 4. The molecule has 10 heteroatoms. The van der Waals surface area contributed by atoms with E-state index in [4.69, 9.17) is 9.97 Å². The molecule has 6 rings (SSSR count). The van der Waals surface area contributed by atoms with E-state index in [1.54, 1.807) is 36.1 Å². The summed E-state index contributed by atoms with van der Waals surface area (Å²) in [7, 11) is 3.71. The zero-order valence-electron chi connectivity index (χ0n) is 20.0. The minimum Gasteiger partial charge on any atom is -0.352 e. The van der Waals surface area contributed by atoms with Gasteiger partial charge in [-0.1, -0.05) is 17.3 Å². The van der Waals surface area contributed by atoms with Crippen LogP contribution in [0.4, 0.5) is 10.2 Å². The number of likely N-dealkylation sites (N-methyl/N-ethyl adjacent to an activating group) is 1. The summed E-state index contributed by atoms with van der Waals surface area (Å²) < 4.78 is 19.1. The lowest BCUT2D eigenvalue weighted by atomic mass is 10.0. The van der Waals surface area contributed by atoms with Crippen molar-refractivity contribution in [2.75, 3.05) is 25.0 Å². The zero-order chi connectivity index (χ0) is 24.8. The van der Waals surface area contributed by atoms with Crippen LogP contribution in [0.1, 0.15) is 18.4 Å². The number of hydrogen-bond donors (Lipinski definition) is 1. The summed E-state index contributed by atoms with van der Waals surface area (Å²) in [5.74, 6) is 0.371. The van der Waals surface area contributed by atoms with Crippen molar-refractivity contribution in [3.8, 4) is 28.6 Å². The van der Waals surface area contributed by atoms with Gasteiger partial charge < -0.3 is 10.2 Å². The highest BCUT2D eigenvalue weighted by Gasteiger charge is 2.26. The number of piperidine rings is 1. The Morgan fingerprint density at radius 1 is 1.19 bits per heavy atom. The van der Waals surface area contributed by atoms with Gasteiger partial charge in [-0.15, -0.1) is 5.10 Å². The fraction of sp³-hybridized carbons (Fsp3) is 0.269. The lowest BCUT2D eigenvalue weighted by Crippen LogP contribution is -2.44. The molecular formula is C26H24FN9. The highest BCUT2D eigenvalue weighted by Crippen LogP contribution is 2.37. The van der Waals surface area contributed by atoms with Crippen molar-refractivity contribution in [3.63, 3.8) is 0 Å². The summed E-state index contributed by atoms with van der Waals surface area (Å²) >= 11 is 0. The Labute approximate surface area is 206 Å². The molecule has 0 bridgehead atoms. The first-order chi connectivity index (χ1) is 17.6. The van der Waals surface area contributed by atoms with Crippen LogP contribution in [-0.4, -0.2) is 55.5 Å². The molecule has 4 heterocycles. The minimum atomic E-state index is -0.392. The van der Waals surface area contributed by atoms with E-state index in [2.05, 4.69) is 26.6 Å². The molecular weight excluding hydrogens is 457 g/mol. The molecule has 3 aromatic heterocycles. The molecule has 1 atom stereocenters. The molecule has 1 N–H and O–H groups in total. The normalized spacial score (nSPS) is 16.1. The van der Waals surface area contributed by atoms with Gasteiger partial charge in [-0.25, -0.2) is 19.0 Å². The van der Waals surface area contributed by atoms with Crippen molar-refractivity contribution in [3.05, 3.63) is 60.2 Å². The number of fused-ring (bicyclic) bond motifs is 2. The molecule has 2 aromatic carbocycles. The van der Waals surface area contributed by atoms with Crippen molar-refractivity contribution in [1.29, 1.82) is 5.26 Å². The van der Waals surface area contributed by atoms with Gasteiger partial charge in [-0.05, 0) is 38.1 Å². The van der Waals surface area contributed by atoms with E-state index < -0.39 is 5.82 Å². The molecule has 9 nitrogen and oxygen atoms in total. The van der Waals surface area contributed by atoms with Gasteiger partial charge in [0, 0.05) is 55.8 Å². The van der Waals surface area contributed by atoms with Crippen LogP contribution in [0.5, 0.6) is 0 Å². The van der Waals surface area contributed by atoms with Crippen molar-refractivity contribution in [2.24, 2.45) is 7.05 Å². The van der Waals surface area contributed by atoms with Gasteiger partial charge in [0.25, 0.3) is 0 Å². The first-order valence-corrected chi connectivity index (χ1v) is 11.9. The third-order valence-electron chi connectivity index (χ3n) is 6.89. The highest BCUT2D eigenvalue weighted by molar-refractivity contribution is 5.89. The molecule has 1 saturated heterocycles. The van der Waals surface area contributed by atoms with Gasteiger partial charge in [0.2, 0.25) is 0 Å². The SMILES string of the molecule is CN[C@@H]1CCCN(c2nccn3c(-c4cc5nnn(C)c5cc4F)c(-c4ccc(C#N)cc4)nc23)C1. The predicted octanol–water partition coefficient (Wildman–Crippen LogP) is 3.54. The lowest BCUT2D eigenvalue weighted by Gasteiger charge is -2.33. The number of aryl methyl sites for hydroxylation is 1. The van der Waals surface area contributed by atoms with Crippen molar-refractivity contribution in [2.45, 2.75) is 18.9 Å². The smallest absolute Gasteiger partial charge is 0.181 e. The summed E-state index contributed by atoms with van der Waals surface area (Å²) in [4.78, 5) is 11.9. The molecule has 0 saturated carbocycles. The molecule has 180 valence electrons. The molecule has 0 amide bonds. The standard InChI is InChI=1S/C26H24FN9/c1-29-18-4-3-10-35(15-18)25-26-31-23(17-7-5-16(14-28)6-8-17)24(36(26)11-9-30-25)19-12-21-22(13-20(19)27)34(2)33-32-21/h5-9,11-13,18,29H,3-4,10,15H2,1-2H3/t18-/m1/s1. The van der Waals surface area contributed by atoms with Gasteiger partial charge in [0.15, 0.2) is 11.5 Å². The second-order valence-corrected chi connectivity index (χ2v) is 9.05. The number of nitrogens with one attached hydrogen (secondary N) is 1. The quantitative estimate of drug-likeness (QED) is 0.419. The molecule has 0 aliphatic carbocycles. The minimum absolute atomic E-state index is 0.366. The Morgan fingerprint density at radius 3 is 2.81 bits per heavy atom. The van der Waals surface area contributed by atoms with Gasteiger partial charge >= 0.3 is 0 Å². The molecule has 1 aliphatic rings. The lowest BCUT2D eigenvalue weighted by molar-refractivity contribution is 0.448. The van der Waals surface area contributed by atoms with Crippen LogP contribution in [0.3, 0.4) is 0 Å². The van der Waals surface area contributed by atoms with E-state index in [0.29, 0.717) is 45.2 Å².